The maximum absolute atomic E-state index is 6.07. The van der Waals surface area contributed by atoms with Gasteiger partial charge in [0.25, 0.3) is 0 Å². The highest BCUT2D eigenvalue weighted by Crippen LogP contribution is 2.27. The van der Waals surface area contributed by atoms with Crippen LogP contribution in [-0.2, 0) is 11.3 Å². The summed E-state index contributed by atoms with van der Waals surface area (Å²) in [6.45, 7) is 2.07. The van der Waals surface area contributed by atoms with Gasteiger partial charge in [0, 0.05) is 29.7 Å². The zero-order valence-electron chi connectivity index (χ0n) is 11.8. The molecule has 0 saturated carbocycles. The highest BCUT2D eigenvalue weighted by atomic mass is 35.5. The molecule has 0 amide bonds. The predicted molar refractivity (Wildman–Crippen MR) is 77.7 cm³/mol. The molecule has 1 aliphatic heterocycles. The van der Waals surface area contributed by atoms with Crippen molar-refractivity contribution in [2.24, 2.45) is 0 Å². The molecule has 0 aliphatic carbocycles. The van der Waals surface area contributed by atoms with Crippen molar-refractivity contribution in [3.8, 4) is 5.75 Å². The molecule has 0 spiro atoms. The molecule has 1 aromatic heterocycles. The average Bonchev–Trinajstić information content (AvgIpc) is 2.96. The number of aromatic nitrogens is 4. The Labute approximate surface area is 128 Å². The van der Waals surface area contributed by atoms with E-state index in [1.807, 2.05) is 22.9 Å². The van der Waals surface area contributed by atoms with Gasteiger partial charge in [0.05, 0.1) is 13.7 Å². The molecule has 0 atom stereocenters. The van der Waals surface area contributed by atoms with Crippen molar-refractivity contribution in [2.45, 2.75) is 25.3 Å². The fourth-order valence-electron chi connectivity index (χ4n) is 2.60. The Balaban J connectivity index is 1.85. The summed E-state index contributed by atoms with van der Waals surface area (Å²) in [5.74, 6) is 2.03. The second kappa shape index (κ2) is 6.41. The van der Waals surface area contributed by atoms with Gasteiger partial charge in [-0.25, -0.2) is 4.68 Å². The third-order valence-electron chi connectivity index (χ3n) is 3.71. The second-order valence-corrected chi connectivity index (χ2v) is 5.47. The van der Waals surface area contributed by atoms with E-state index >= 15 is 0 Å². The number of benzene rings is 1. The summed E-state index contributed by atoms with van der Waals surface area (Å²) in [5.41, 5.74) is 0.964. The van der Waals surface area contributed by atoms with Gasteiger partial charge in [-0.1, -0.05) is 11.6 Å². The first-order valence-corrected chi connectivity index (χ1v) is 7.32. The standard InChI is InChI=1S/C14H17ClN4O2/c1-20-13-3-2-12(15)8-11(13)9-19-14(16-17-18-19)10-4-6-21-7-5-10/h2-3,8,10H,4-7,9H2,1H3. The minimum absolute atomic E-state index is 0.346. The first-order chi connectivity index (χ1) is 10.3. The minimum Gasteiger partial charge on any atom is -0.496 e. The molecule has 21 heavy (non-hydrogen) atoms. The first-order valence-electron chi connectivity index (χ1n) is 6.94. The van der Waals surface area contributed by atoms with Crippen molar-refractivity contribution in [3.05, 3.63) is 34.6 Å². The summed E-state index contributed by atoms with van der Waals surface area (Å²) in [6.07, 6.45) is 1.90. The maximum Gasteiger partial charge on any atom is 0.154 e. The van der Waals surface area contributed by atoms with E-state index in [-0.39, 0.29) is 0 Å². The van der Waals surface area contributed by atoms with Gasteiger partial charge in [0.2, 0.25) is 0 Å². The lowest BCUT2D eigenvalue weighted by Gasteiger charge is -2.21. The van der Waals surface area contributed by atoms with Crippen molar-refractivity contribution in [3.63, 3.8) is 0 Å². The lowest BCUT2D eigenvalue weighted by molar-refractivity contribution is 0.0826. The van der Waals surface area contributed by atoms with E-state index in [9.17, 15) is 0 Å². The van der Waals surface area contributed by atoms with Gasteiger partial charge in [0.15, 0.2) is 5.82 Å². The Morgan fingerprint density at radius 2 is 2.19 bits per heavy atom. The summed E-state index contributed by atoms with van der Waals surface area (Å²) in [5, 5.41) is 12.8. The van der Waals surface area contributed by atoms with Crippen molar-refractivity contribution in [1.82, 2.24) is 20.2 Å². The fraction of sp³-hybridized carbons (Fsp3) is 0.500. The Bertz CT molecular complexity index is 611. The molecule has 0 unspecified atom stereocenters. The average molecular weight is 309 g/mol. The van der Waals surface area contributed by atoms with E-state index in [1.54, 1.807) is 7.11 Å². The molecule has 7 heteroatoms. The van der Waals surface area contributed by atoms with E-state index in [1.165, 1.54) is 0 Å². The Morgan fingerprint density at radius 3 is 2.95 bits per heavy atom. The summed E-state index contributed by atoms with van der Waals surface area (Å²) in [6, 6.07) is 5.55. The molecule has 0 N–H and O–H groups in total. The minimum atomic E-state index is 0.346. The number of tetrazole rings is 1. The van der Waals surface area contributed by atoms with Crippen LogP contribution in [0.15, 0.2) is 18.2 Å². The number of hydrogen-bond acceptors (Lipinski definition) is 5. The molecule has 1 saturated heterocycles. The summed E-state index contributed by atoms with van der Waals surface area (Å²) < 4.78 is 12.6. The molecular weight excluding hydrogens is 292 g/mol. The lowest BCUT2D eigenvalue weighted by Crippen LogP contribution is -2.19. The second-order valence-electron chi connectivity index (χ2n) is 5.04. The number of hydrogen-bond donors (Lipinski definition) is 0. The van der Waals surface area contributed by atoms with Crippen molar-refractivity contribution < 1.29 is 9.47 Å². The number of halogens is 1. The van der Waals surface area contributed by atoms with Gasteiger partial charge >= 0.3 is 0 Å². The Morgan fingerprint density at radius 1 is 1.38 bits per heavy atom. The van der Waals surface area contributed by atoms with Gasteiger partial charge in [-0.15, -0.1) is 5.10 Å². The summed E-state index contributed by atoms with van der Waals surface area (Å²) in [4.78, 5) is 0. The number of ether oxygens (including phenoxy) is 2. The summed E-state index contributed by atoms with van der Waals surface area (Å²) in [7, 11) is 1.64. The van der Waals surface area contributed by atoms with Crippen LogP contribution in [0.5, 0.6) is 5.75 Å². The zero-order chi connectivity index (χ0) is 14.7. The normalized spacial score (nSPS) is 16.1. The van der Waals surface area contributed by atoms with E-state index in [0.29, 0.717) is 17.5 Å². The number of methoxy groups -OCH3 is 1. The third-order valence-corrected chi connectivity index (χ3v) is 3.94. The highest BCUT2D eigenvalue weighted by Gasteiger charge is 2.22. The first kappa shape index (κ1) is 14.3. The predicted octanol–water partition coefficient (Wildman–Crippen LogP) is 2.28. The largest absolute Gasteiger partial charge is 0.496 e. The Kier molecular flexibility index (Phi) is 4.36. The van der Waals surface area contributed by atoms with E-state index in [0.717, 1.165) is 43.2 Å². The van der Waals surface area contributed by atoms with Crippen LogP contribution < -0.4 is 4.74 Å². The molecule has 0 bridgehead atoms. The number of nitrogens with zero attached hydrogens (tertiary/aromatic N) is 4. The molecule has 0 radical (unpaired) electrons. The molecule has 1 fully saturated rings. The molecular formula is C14H17ClN4O2. The van der Waals surface area contributed by atoms with Crippen LogP contribution in [0.1, 0.15) is 30.1 Å². The van der Waals surface area contributed by atoms with E-state index in [2.05, 4.69) is 15.5 Å². The molecule has 2 heterocycles. The molecule has 1 aromatic carbocycles. The summed E-state index contributed by atoms with van der Waals surface area (Å²) >= 11 is 6.07. The van der Waals surface area contributed by atoms with Crippen molar-refractivity contribution in [1.29, 1.82) is 0 Å². The van der Waals surface area contributed by atoms with E-state index < -0.39 is 0 Å². The third kappa shape index (κ3) is 3.16. The van der Waals surface area contributed by atoms with Crippen LogP contribution in [0, 0.1) is 0 Å². The quantitative estimate of drug-likeness (QED) is 0.867. The van der Waals surface area contributed by atoms with Crippen molar-refractivity contribution in [2.75, 3.05) is 20.3 Å². The van der Waals surface area contributed by atoms with E-state index in [4.69, 9.17) is 21.1 Å². The van der Waals surface area contributed by atoms with Crippen LogP contribution in [0.25, 0.3) is 0 Å². The van der Waals surface area contributed by atoms with Gasteiger partial charge < -0.3 is 9.47 Å². The smallest absolute Gasteiger partial charge is 0.154 e. The zero-order valence-corrected chi connectivity index (χ0v) is 12.6. The molecule has 6 nitrogen and oxygen atoms in total. The van der Waals surface area contributed by atoms with Crippen LogP contribution in [0.4, 0.5) is 0 Å². The topological polar surface area (TPSA) is 62.1 Å². The van der Waals surface area contributed by atoms with Gasteiger partial charge in [-0.3, -0.25) is 0 Å². The van der Waals surface area contributed by atoms with Gasteiger partial charge in [-0.05, 0) is 41.5 Å². The van der Waals surface area contributed by atoms with Gasteiger partial charge in [0.1, 0.15) is 5.75 Å². The number of rotatable bonds is 4. The van der Waals surface area contributed by atoms with Crippen LogP contribution in [-0.4, -0.2) is 40.5 Å². The SMILES string of the molecule is COc1ccc(Cl)cc1Cn1nnnc1C1CCOCC1. The van der Waals surface area contributed by atoms with Crippen LogP contribution in [0.3, 0.4) is 0 Å². The molecule has 112 valence electrons. The molecule has 3 rings (SSSR count). The fourth-order valence-corrected chi connectivity index (χ4v) is 2.80. The maximum atomic E-state index is 6.07. The lowest BCUT2D eigenvalue weighted by atomic mass is 9.99. The monoisotopic (exact) mass is 308 g/mol. The van der Waals surface area contributed by atoms with Crippen LogP contribution >= 0.6 is 11.6 Å². The Hall–Kier alpha value is -1.66. The van der Waals surface area contributed by atoms with Crippen molar-refractivity contribution >= 4 is 11.6 Å². The molecule has 1 aliphatic rings. The van der Waals surface area contributed by atoms with Gasteiger partial charge in [-0.2, -0.15) is 0 Å². The molecule has 2 aromatic rings. The van der Waals surface area contributed by atoms with Crippen LogP contribution in [0.2, 0.25) is 5.02 Å². The highest BCUT2D eigenvalue weighted by molar-refractivity contribution is 6.30.